The fraction of sp³-hybridized carbons (Fsp3) is 0.294. The van der Waals surface area contributed by atoms with Crippen molar-refractivity contribution in [3.8, 4) is 0 Å². The van der Waals surface area contributed by atoms with Gasteiger partial charge in [0.1, 0.15) is 0 Å². The summed E-state index contributed by atoms with van der Waals surface area (Å²) >= 11 is 0. The van der Waals surface area contributed by atoms with E-state index in [1.165, 1.54) is 42.4 Å². The Morgan fingerprint density at radius 1 is 0.241 bits per heavy atom. The fourth-order valence-electron chi connectivity index (χ4n) is 7.02. The largest absolute Gasteiger partial charge is 4.00 e. The summed E-state index contributed by atoms with van der Waals surface area (Å²) in [7, 11) is -2.26. The third-order valence-electron chi connectivity index (χ3n) is 10.2. The van der Waals surface area contributed by atoms with Crippen LogP contribution in [-0.2, 0) is 9.47 Å². The Labute approximate surface area is 508 Å². The normalized spacial score (nSPS) is 10.6. The van der Waals surface area contributed by atoms with Gasteiger partial charge in [-0.15, -0.1) is 24.2 Å². The van der Waals surface area contributed by atoms with Crippen LogP contribution in [0.3, 0.4) is 0 Å². The van der Waals surface area contributed by atoms with Gasteiger partial charge in [-0.2, -0.15) is 32.3 Å². The van der Waals surface area contributed by atoms with Crippen molar-refractivity contribution in [2.75, 3.05) is 26.4 Å². The molecule has 0 saturated carbocycles. The third-order valence-corrected chi connectivity index (χ3v) is 19.3. The minimum atomic E-state index is -0.565. The molecule has 0 aliphatic carbocycles. The van der Waals surface area contributed by atoms with Gasteiger partial charge in [0, 0.05) is 26.4 Å². The van der Waals surface area contributed by atoms with Crippen molar-refractivity contribution in [2.45, 2.75) is 107 Å². The number of hydrogen-bond acceptors (Lipinski definition) is 2. The van der Waals surface area contributed by atoms with E-state index in [0.717, 1.165) is 26.4 Å². The first-order chi connectivity index (χ1) is 37.9. The molecule has 0 saturated heterocycles. The van der Waals surface area contributed by atoms with Crippen LogP contribution in [0, 0.1) is 31.1 Å². The molecular weight excluding hydrogens is 1270 g/mol. The van der Waals surface area contributed by atoms with Crippen molar-refractivity contribution in [3.63, 3.8) is 0 Å². The first-order valence-corrected chi connectivity index (χ1v) is 32.7. The molecule has 0 bridgehead atoms. The van der Waals surface area contributed by atoms with Crippen molar-refractivity contribution in [3.05, 3.63) is 263 Å². The van der Waals surface area contributed by atoms with Gasteiger partial charge in [-0.3, -0.25) is 0 Å². The maximum atomic E-state index is 4.88. The standard InChI is InChI=1S/4C15H17NP.2C4H10O.U/c4*1-13(2)16-17(14-9-5-3-6-10-14)15-11-7-4-8-12-15;2*1-3-5-4-2;/h4*3-13H,1-2H3;2*3-4H2,1-2H3;/q4*-1;;;+4. The Kier molecular flexibility index (Phi) is 40.6. The quantitative estimate of drug-likeness (QED) is 0.0713. The predicted molar refractivity (Wildman–Crippen MR) is 355 cm³/mol. The Bertz CT molecular complexity index is 2070. The van der Waals surface area contributed by atoms with Gasteiger partial charge < -0.3 is 29.8 Å². The number of benzene rings is 8. The van der Waals surface area contributed by atoms with E-state index in [9.17, 15) is 0 Å². The first kappa shape index (κ1) is 71.4. The molecule has 416 valence electrons. The molecule has 0 aliphatic heterocycles. The van der Waals surface area contributed by atoms with E-state index in [4.69, 9.17) is 29.8 Å². The number of hydrogen-bond donors (Lipinski definition) is 0. The third kappa shape index (κ3) is 30.8. The maximum Gasteiger partial charge on any atom is 4.00 e. The molecule has 0 unspecified atom stereocenters. The van der Waals surface area contributed by atoms with Gasteiger partial charge in [0.25, 0.3) is 0 Å². The number of rotatable bonds is 20. The minimum absolute atomic E-state index is 0. The van der Waals surface area contributed by atoms with Crippen LogP contribution in [-0.4, -0.2) is 50.6 Å². The number of nitrogens with zero attached hydrogens (tertiary/aromatic N) is 4. The Hall–Kier alpha value is -3.71. The first-order valence-electron chi connectivity index (χ1n) is 27.5. The van der Waals surface area contributed by atoms with E-state index < -0.39 is 32.3 Å². The molecule has 0 atom stereocenters. The van der Waals surface area contributed by atoms with Crippen LogP contribution in [0.15, 0.2) is 243 Å². The molecule has 0 amide bonds. The van der Waals surface area contributed by atoms with Crippen molar-refractivity contribution in [2.24, 2.45) is 0 Å². The summed E-state index contributed by atoms with van der Waals surface area (Å²) in [5.41, 5.74) is 0. The van der Waals surface area contributed by atoms with Crippen molar-refractivity contribution in [1.29, 1.82) is 0 Å². The monoisotopic (exact) mass is 1350 g/mol. The summed E-state index contributed by atoms with van der Waals surface area (Å²) in [6.07, 6.45) is 0. The zero-order valence-corrected chi connectivity index (χ0v) is 56.9. The molecule has 8 rings (SSSR count). The van der Waals surface area contributed by atoms with Crippen molar-refractivity contribution in [1.82, 2.24) is 0 Å². The molecule has 11 heteroatoms. The van der Waals surface area contributed by atoms with Crippen LogP contribution >= 0.6 is 32.3 Å². The summed E-state index contributed by atoms with van der Waals surface area (Å²) < 4.78 is 9.67. The van der Waals surface area contributed by atoms with E-state index >= 15 is 0 Å². The van der Waals surface area contributed by atoms with Gasteiger partial charge in [0.15, 0.2) is 0 Å². The van der Waals surface area contributed by atoms with E-state index in [-0.39, 0.29) is 31.1 Å². The molecule has 8 aromatic carbocycles. The summed E-state index contributed by atoms with van der Waals surface area (Å²) in [5.74, 6) is 0. The van der Waals surface area contributed by atoms with Crippen molar-refractivity contribution < 1.29 is 40.6 Å². The molecule has 0 heterocycles. The number of ether oxygens (including phenoxy) is 2. The molecule has 0 aliphatic rings. The smallest absolute Gasteiger partial charge is 0.626 e. The molecule has 0 radical (unpaired) electrons. The Morgan fingerprint density at radius 2 is 0.354 bits per heavy atom. The van der Waals surface area contributed by atoms with Crippen LogP contribution in [0.1, 0.15) is 83.1 Å². The van der Waals surface area contributed by atoms with Crippen LogP contribution in [0.25, 0.3) is 20.3 Å². The Balaban J connectivity index is 0.000000339. The van der Waals surface area contributed by atoms with E-state index in [1.54, 1.807) is 0 Å². The van der Waals surface area contributed by atoms with Crippen LogP contribution in [0.5, 0.6) is 0 Å². The van der Waals surface area contributed by atoms with Crippen LogP contribution in [0.4, 0.5) is 0 Å². The van der Waals surface area contributed by atoms with Gasteiger partial charge >= 0.3 is 31.1 Å². The summed E-state index contributed by atoms with van der Waals surface area (Å²) in [4.78, 5) is 0. The molecule has 6 nitrogen and oxygen atoms in total. The van der Waals surface area contributed by atoms with Gasteiger partial charge in [-0.1, -0.05) is 298 Å². The second kappa shape index (κ2) is 44.9. The van der Waals surface area contributed by atoms with Gasteiger partial charge in [0.05, 0.1) is 0 Å². The molecule has 79 heavy (non-hydrogen) atoms. The van der Waals surface area contributed by atoms with Gasteiger partial charge in [-0.25, -0.2) is 0 Å². The Morgan fingerprint density at radius 3 is 0.430 bits per heavy atom. The van der Waals surface area contributed by atoms with Gasteiger partial charge in [-0.05, 0) is 70.1 Å². The zero-order valence-electron chi connectivity index (χ0n) is 49.1. The van der Waals surface area contributed by atoms with Crippen LogP contribution in [0.2, 0.25) is 0 Å². The topological polar surface area (TPSA) is 74.9 Å². The van der Waals surface area contributed by atoms with Crippen molar-refractivity contribution >= 4 is 74.7 Å². The molecule has 0 aromatic heterocycles. The zero-order chi connectivity index (χ0) is 56.6. The SMILES string of the molecule is CC(C)[N-]P(c1ccccc1)c1ccccc1.CC(C)[N-]P(c1ccccc1)c1ccccc1.CC(C)[N-]P(c1ccccc1)c1ccccc1.CC(C)[N-]P(c1ccccc1)c1ccccc1.CCOCC.CCOCC.[U+4]. The molecule has 0 fully saturated rings. The maximum absolute atomic E-state index is 4.88. The fourth-order valence-corrected chi connectivity index (χ4v) is 14.8. The minimum Gasteiger partial charge on any atom is -0.626 e. The predicted octanol–water partition coefficient (Wildman–Crippen LogP) is 17.4. The molecule has 0 spiro atoms. The van der Waals surface area contributed by atoms with Crippen LogP contribution < -0.4 is 42.4 Å². The average Bonchev–Trinajstić information content (AvgIpc) is 3.49. The summed E-state index contributed by atoms with van der Waals surface area (Å²) in [6.45, 7) is 28.5. The summed E-state index contributed by atoms with van der Waals surface area (Å²) in [6, 6.07) is 86.0. The van der Waals surface area contributed by atoms with E-state index in [0.29, 0.717) is 24.2 Å². The molecule has 0 N–H and O–H groups in total. The second-order valence-corrected chi connectivity index (χ2v) is 25.9. The van der Waals surface area contributed by atoms with E-state index in [2.05, 4.69) is 298 Å². The second-order valence-electron chi connectivity index (χ2n) is 18.3. The summed E-state index contributed by atoms with van der Waals surface area (Å²) in [5, 5.41) is 30.1. The van der Waals surface area contributed by atoms with Gasteiger partial charge in [0.2, 0.25) is 0 Å². The average molecular weight is 1360 g/mol. The van der Waals surface area contributed by atoms with E-state index in [1.807, 2.05) is 27.7 Å². The molecular formula is C68H88N4O2P4U. The molecule has 8 aromatic rings.